The van der Waals surface area contributed by atoms with Crippen molar-refractivity contribution in [1.29, 1.82) is 0 Å². The lowest BCUT2D eigenvalue weighted by Crippen LogP contribution is -2.59. The highest BCUT2D eigenvalue weighted by atomic mass is 16.4. The van der Waals surface area contributed by atoms with Crippen LogP contribution in [-0.4, -0.2) is 80.2 Å². The molecule has 210 valence electrons. The fraction of sp³-hybridized carbons (Fsp3) is 0.500. The molecule has 5 unspecified atom stereocenters. The van der Waals surface area contributed by atoms with Crippen LogP contribution in [0, 0.1) is 5.92 Å². The summed E-state index contributed by atoms with van der Waals surface area (Å²) in [6.07, 6.45) is -1.30. The van der Waals surface area contributed by atoms with Gasteiger partial charge in [-0.1, -0.05) is 32.4 Å². The molecule has 0 radical (unpaired) electrons. The van der Waals surface area contributed by atoms with Crippen LogP contribution in [0.25, 0.3) is 0 Å². The van der Waals surface area contributed by atoms with E-state index in [1.165, 1.54) is 12.1 Å². The number of carbonyl (C=O) groups excluding carboxylic acids is 3. The maximum atomic E-state index is 13.1. The number of nitrogens with one attached hydrogen (secondary N) is 3. The van der Waals surface area contributed by atoms with E-state index in [0.717, 1.165) is 0 Å². The summed E-state index contributed by atoms with van der Waals surface area (Å²) in [6, 6.07) is 0.367. The van der Waals surface area contributed by atoms with Gasteiger partial charge in [-0.3, -0.25) is 24.0 Å². The van der Waals surface area contributed by atoms with Gasteiger partial charge in [-0.25, -0.2) is 4.79 Å². The molecule has 0 bridgehead atoms. The Labute approximate surface area is 218 Å². The van der Waals surface area contributed by atoms with Crippen molar-refractivity contribution in [3.05, 3.63) is 29.8 Å². The van der Waals surface area contributed by atoms with Gasteiger partial charge in [0.05, 0.1) is 12.5 Å². The number of carboxylic acids is 3. The molecule has 9 N–H and O–H groups in total. The SMILES string of the molecule is CCC(C)C(NC(=O)C(CCC(=O)O)NC(=O)C(N)Cc1ccc(O)cc1)C(=O)NC(CC(=O)O)C(=O)O. The Kier molecular flexibility index (Phi) is 12.7. The monoisotopic (exact) mass is 538 g/mol. The van der Waals surface area contributed by atoms with E-state index in [0.29, 0.717) is 12.0 Å². The zero-order valence-electron chi connectivity index (χ0n) is 21.0. The van der Waals surface area contributed by atoms with Crippen molar-refractivity contribution in [2.45, 2.75) is 70.1 Å². The highest BCUT2D eigenvalue weighted by Crippen LogP contribution is 2.12. The van der Waals surface area contributed by atoms with Gasteiger partial charge in [-0.2, -0.15) is 0 Å². The van der Waals surface area contributed by atoms with E-state index in [2.05, 4.69) is 16.0 Å². The first-order chi connectivity index (χ1) is 17.7. The molecule has 14 heteroatoms. The third kappa shape index (κ3) is 10.8. The molecular formula is C24H34N4O10. The summed E-state index contributed by atoms with van der Waals surface area (Å²) >= 11 is 0. The first-order valence-corrected chi connectivity index (χ1v) is 11.9. The van der Waals surface area contributed by atoms with Crippen LogP contribution in [-0.2, 0) is 35.2 Å². The zero-order chi connectivity index (χ0) is 29.0. The van der Waals surface area contributed by atoms with Crippen molar-refractivity contribution in [3.8, 4) is 5.75 Å². The fourth-order valence-electron chi connectivity index (χ4n) is 3.39. The fourth-order valence-corrected chi connectivity index (χ4v) is 3.39. The van der Waals surface area contributed by atoms with E-state index in [4.69, 9.17) is 15.9 Å². The second-order valence-corrected chi connectivity index (χ2v) is 8.84. The van der Waals surface area contributed by atoms with Crippen LogP contribution in [0.1, 0.15) is 45.1 Å². The minimum atomic E-state index is -1.75. The van der Waals surface area contributed by atoms with E-state index in [-0.39, 0.29) is 18.6 Å². The van der Waals surface area contributed by atoms with Gasteiger partial charge in [0, 0.05) is 6.42 Å². The number of carboxylic acid groups (broad SMARTS) is 3. The Balaban J connectivity index is 3.03. The number of carbonyl (C=O) groups is 6. The normalized spacial score (nSPS) is 14.7. The summed E-state index contributed by atoms with van der Waals surface area (Å²) in [6.45, 7) is 3.30. The Hall–Kier alpha value is -4.20. The Morgan fingerprint density at radius 1 is 0.842 bits per heavy atom. The molecule has 0 saturated carbocycles. The van der Waals surface area contributed by atoms with Gasteiger partial charge < -0.3 is 42.1 Å². The van der Waals surface area contributed by atoms with Crippen molar-refractivity contribution < 1.29 is 49.2 Å². The summed E-state index contributed by atoms with van der Waals surface area (Å²) in [5.41, 5.74) is 6.57. The number of aliphatic carboxylic acids is 3. The average molecular weight is 539 g/mol. The summed E-state index contributed by atoms with van der Waals surface area (Å²) in [7, 11) is 0. The van der Waals surface area contributed by atoms with Gasteiger partial charge in [-0.05, 0) is 36.5 Å². The van der Waals surface area contributed by atoms with E-state index < -0.39 is 78.6 Å². The minimum absolute atomic E-state index is 0.0229. The summed E-state index contributed by atoms with van der Waals surface area (Å²) in [5.74, 6) is -7.40. The number of rotatable bonds is 16. The van der Waals surface area contributed by atoms with Crippen molar-refractivity contribution in [2.75, 3.05) is 0 Å². The maximum absolute atomic E-state index is 13.1. The van der Waals surface area contributed by atoms with Gasteiger partial charge in [-0.15, -0.1) is 0 Å². The van der Waals surface area contributed by atoms with Crippen molar-refractivity contribution in [1.82, 2.24) is 16.0 Å². The van der Waals surface area contributed by atoms with Crippen molar-refractivity contribution >= 4 is 35.6 Å². The Morgan fingerprint density at radius 2 is 1.42 bits per heavy atom. The molecule has 38 heavy (non-hydrogen) atoms. The quantitative estimate of drug-likeness (QED) is 0.129. The van der Waals surface area contributed by atoms with Gasteiger partial charge in [0.1, 0.15) is 23.9 Å². The lowest BCUT2D eigenvalue weighted by molar-refractivity contribution is -0.147. The number of amides is 3. The van der Waals surface area contributed by atoms with Crippen LogP contribution in [0.2, 0.25) is 0 Å². The molecule has 1 aromatic carbocycles. The second kappa shape index (κ2) is 15.1. The lowest BCUT2D eigenvalue weighted by atomic mass is 9.97. The van der Waals surface area contributed by atoms with Gasteiger partial charge >= 0.3 is 17.9 Å². The number of phenols is 1. The molecular weight excluding hydrogens is 504 g/mol. The van der Waals surface area contributed by atoms with Crippen molar-refractivity contribution in [3.63, 3.8) is 0 Å². The van der Waals surface area contributed by atoms with Crippen LogP contribution in [0.5, 0.6) is 5.75 Å². The molecule has 1 aromatic rings. The Morgan fingerprint density at radius 3 is 1.92 bits per heavy atom. The predicted octanol–water partition coefficient (Wildman–Crippen LogP) is -0.813. The number of hydrogen-bond acceptors (Lipinski definition) is 8. The smallest absolute Gasteiger partial charge is 0.326 e. The third-order valence-corrected chi connectivity index (χ3v) is 5.80. The number of hydrogen-bond donors (Lipinski definition) is 8. The van der Waals surface area contributed by atoms with E-state index in [1.807, 2.05) is 0 Å². The Bertz CT molecular complexity index is 1010. The van der Waals surface area contributed by atoms with Gasteiger partial charge in [0.2, 0.25) is 17.7 Å². The summed E-state index contributed by atoms with van der Waals surface area (Å²) < 4.78 is 0. The summed E-state index contributed by atoms with van der Waals surface area (Å²) in [5, 5.41) is 43.5. The standard InChI is InChI=1S/C24H34N4O10/c1-3-12(2)20(23(36)27-17(24(37)38)11-19(32)33)28-22(35)16(8-9-18(30)31)26-21(34)15(25)10-13-4-6-14(29)7-5-13/h4-7,12,15-17,20,29H,3,8-11,25H2,1-2H3,(H,26,34)(H,27,36)(H,28,35)(H,30,31)(H,32,33)(H,37,38). The highest BCUT2D eigenvalue weighted by molar-refractivity contribution is 5.95. The first-order valence-electron chi connectivity index (χ1n) is 11.9. The lowest BCUT2D eigenvalue weighted by Gasteiger charge is -2.28. The van der Waals surface area contributed by atoms with E-state index >= 15 is 0 Å². The van der Waals surface area contributed by atoms with Crippen LogP contribution >= 0.6 is 0 Å². The molecule has 0 aliphatic rings. The molecule has 0 spiro atoms. The molecule has 0 aliphatic heterocycles. The molecule has 0 aromatic heterocycles. The number of aromatic hydroxyl groups is 1. The molecule has 14 nitrogen and oxygen atoms in total. The largest absolute Gasteiger partial charge is 0.508 e. The maximum Gasteiger partial charge on any atom is 0.326 e. The third-order valence-electron chi connectivity index (χ3n) is 5.80. The first kappa shape index (κ1) is 31.8. The van der Waals surface area contributed by atoms with Gasteiger partial charge in [0.25, 0.3) is 0 Å². The minimum Gasteiger partial charge on any atom is -0.508 e. The van der Waals surface area contributed by atoms with Crippen LogP contribution in [0.15, 0.2) is 24.3 Å². The topological polar surface area (TPSA) is 245 Å². The van der Waals surface area contributed by atoms with E-state index in [9.17, 15) is 39.0 Å². The number of benzene rings is 1. The van der Waals surface area contributed by atoms with Gasteiger partial charge in [0.15, 0.2) is 0 Å². The van der Waals surface area contributed by atoms with Crippen molar-refractivity contribution in [2.24, 2.45) is 11.7 Å². The average Bonchev–Trinajstić information content (AvgIpc) is 2.84. The highest BCUT2D eigenvalue weighted by Gasteiger charge is 2.33. The molecule has 0 heterocycles. The van der Waals surface area contributed by atoms with E-state index in [1.54, 1.807) is 26.0 Å². The predicted molar refractivity (Wildman–Crippen MR) is 132 cm³/mol. The number of nitrogens with two attached hydrogens (primary N) is 1. The van der Waals surface area contributed by atoms with Crippen LogP contribution < -0.4 is 21.7 Å². The molecule has 1 rings (SSSR count). The van der Waals surface area contributed by atoms with Crippen LogP contribution in [0.3, 0.4) is 0 Å². The molecule has 0 aliphatic carbocycles. The summed E-state index contributed by atoms with van der Waals surface area (Å²) in [4.78, 5) is 72.0. The molecule has 0 fully saturated rings. The number of phenolic OH excluding ortho intramolecular Hbond substituents is 1. The molecule has 5 atom stereocenters. The van der Waals surface area contributed by atoms with Crippen LogP contribution in [0.4, 0.5) is 0 Å². The molecule has 0 saturated heterocycles. The zero-order valence-corrected chi connectivity index (χ0v) is 21.0. The second-order valence-electron chi connectivity index (χ2n) is 8.84. The molecule has 3 amide bonds.